The number of aromatic nitrogens is 4. The average Bonchev–Trinajstić information content (AvgIpc) is 3.03. The fraction of sp³-hybridized carbons (Fsp3) is 0.667. The Morgan fingerprint density at radius 3 is 3.04 bits per heavy atom. The Balaban J connectivity index is 1.82. The monoisotopic (exact) mass is 360 g/mol. The molecule has 1 aliphatic heterocycles. The van der Waals surface area contributed by atoms with Crippen LogP contribution in [0.1, 0.15) is 38.4 Å². The van der Waals surface area contributed by atoms with Gasteiger partial charge < -0.3 is 15.3 Å². The number of carbonyl (C=O) groups is 1. The molecule has 8 nitrogen and oxygen atoms in total. The summed E-state index contributed by atoms with van der Waals surface area (Å²) in [5, 5.41) is 17.1. The van der Waals surface area contributed by atoms with Crippen LogP contribution in [-0.4, -0.2) is 57.0 Å². The van der Waals surface area contributed by atoms with Gasteiger partial charge in [-0.25, -0.2) is 9.97 Å². The summed E-state index contributed by atoms with van der Waals surface area (Å²) in [7, 11) is 1.89. The molecular formula is C18H28N6O2. The number of aryl methyl sites for hydroxylation is 2. The SMILES string of the molecule is CCCc1nc(N2CCCC(C(=O)NCCCO)C2)c2cnn(C)c2n1. The summed E-state index contributed by atoms with van der Waals surface area (Å²) in [6, 6.07) is 0. The third-order valence-corrected chi connectivity index (χ3v) is 4.82. The quantitative estimate of drug-likeness (QED) is 0.716. The zero-order chi connectivity index (χ0) is 18.5. The van der Waals surface area contributed by atoms with Crippen molar-refractivity contribution in [2.24, 2.45) is 13.0 Å². The maximum atomic E-state index is 12.4. The molecule has 0 radical (unpaired) electrons. The van der Waals surface area contributed by atoms with E-state index in [0.29, 0.717) is 19.5 Å². The summed E-state index contributed by atoms with van der Waals surface area (Å²) in [5.41, 5.74) is 0.841. The maximum absolute atomic E-state index is 12.4. The van der Waals surface area contributed by atoms with Crippen molar-refractivity contribution in [2.45, 2.75) is 39.0 Å². The Morgan fingerprint density at radius 1 is 1.42 bits per heavy atom. The molecule has 1 saturated heterocycles. The molecule has 1 atom stereocenters. The number of carbonyl (C=O) groups excluding carboxylic acids is 1. The number of nitrogens with one attached hydrogen (secondary N) is 1. The Bertz CT molecular complexity index is 759. The fourth-order valence-electron chi connectivity index (χ4n) is 3.45. The predicted octanol–water partition coefficient (Wildman–Crippen LogP) is 1.03. The van der Waals surface area contributed by atoms with Gasteiger partial charge in [0, 0.05) is 39.7 Å². The van der Waals surface area contributed by atoms with Crippen LogP contribution in [0.3, 0.4) is 0 Å². The molecular weight excluding hydrogens is 332 g/mol. The van der Waals surface area contributed by atoms with Crippen LogP contribution < -0.4 is 10.2 Å². The summed E-state index contributed by atoms with van der Waals surface area (Å²) in [4.78, 5) is 24.1. The summed E-state index contributed by atoms with van der Waals surface area (Å²) >= 11 is 0. The second-order valence-electron chi connectivity index (χ2n) is 6.87. The number of piperidine rings is 1. The van der Waals surface area contributed by atoms with Crippen LogP contribution in [0.15, 0.2) is 6.20 Å². The van der Waals surface area contributed by atoms with Crippen LogP contribution in [-0.2, 0) is 18.3 Å². The summed E-state index contributed by atoms with van der Waals surface area (Å²) in [6.45, 7) is 4.26. The Hall–Kier alpha value is -2.22. The standard InChI is InChI=1S/C18H28N6O2/c1-3-6-15-21-16-14(11-20-23(16)2)17(22-15)24-9-4-7-13(12-24)18(26)19-8-5-10-25/h11,13,25H,3-10,12H2,1-2H3,(H,19,26). The van der Waals surface area contributed by atoms with Gasteiger partial charge in [-0.15, -0.1) is 0 Å². The lowest BCUT2D eigenvalue weighted by molar-refractivity contribution is -0.125. The van der Waals surface area contributed by atoms with Crippen molar-refractivity contribution in [1.82, 2.24) is 25.1 Å². The molecule has 142 valence electrons. The second-order valence-corrected chi connectivity index (χ2v) is 6.87. The largest absolute Gasteiger partial charge is 0.396 e. The van der Waals surface area contributed by atoms with E-state index >= 15 is 0 Å². The maximum Gasteiger partial charge on any atom is 0.224 e. The molecule has 3 heterocycles. The molecule has 1 unspecified atom stereocenters. The molecule has 0 spiro atoms. The van der Waals surface area contributed by atoms with Crippen molar-refractivity contribution in [1.29, 1.82) is 0 Å². The van der Waals surface area contributed by atoms with Crippen LogP contribution in [0.4, 0.5) is 5.82 Å². The van der Waals surface area contributed by atoms with Gasteiger partial charge in [-0.1, -0.05) is 6.92 Å². The molecule has 2 aromatic rings. The molecule has 0 saturated carbocycles. The van der Waals surface area contributed by atoms with E-state index < -0.39 is 0 Å². The first-order valence-corrected chi connectivity index (χ1v) is 9.46. The molecule has 8 heteroatoms. The molecule has 1 amide bonds. The Kier molecular flexibility index (Phi) is 6.03. The zero-order valence-electron chi connectivity index (χ0n) is 15.6. The normalized spacial score (nSPS) is 17.7. The van der Waals surface area contributed by atoms with Crippen molar-refractivity contribution >= 4 is 22.8 Å². The van der Waals surface area contributed by atoms with Crippen LogP contribution >= 0.6 is 0 Å². The highest BCUT2D eigenvalue weighted by molar-refractivity contribution is 5.87. The van der Waals surface area contributed by atoms with Gasteiger partial charge >= 0.3 is 0 Å². The van der Waals surface area contributed by atoms with Crippen molar-refractivity contribution < 1.29 is 9.90 Å². The third kappa shape index (κ3) is 3.95. The molecule has 0 bridgehead atoms. The number of amides is 1. The van der Waals surface area contributed by atoms with E-state index in [1.54, 1.807) is 4.68 Å². The van der Waals surface area contributed by atoms with E-state index in [1.165, 1.54) is 0 Å². The highest BCUT2D eigenvalue weighted by Gasteiger charge is 2.28. The molecule has 2 N–H and O–H groups in total. The second kappa shape index (κ2) is 8.44. The van der Waals surface area contributed by atoms with E-state index in [1.807, 2.05) is 13.2 Å². The van der Waals surface area contributed by atoms with Crippen molar-refractivity contribution in [3.05, 3.63) is 12.0 Å². The number of fused-ring (bicyclic) bond motifs is 1. The molecule has 3 rings (SSSR count). The van der Waals surface area contributed by atoms with Gasteiger partial charge in [0.1, 0.15) is 11.6 Å². The molecule has 26 heavy (non-hydrogen) atoms. The smallest absolute Gasteiger partial charge is 0.224 e. The lowest BCUT2D eigenvalue weighted by Crippen LogP contribution is -2.43. The number of hydrogen-bond donors (Lipinski definition) is 2. The fourth-order valence-corrected chi connectivity index (χ4v) is 3.45. The minimum absolute atomic E-state index is 0.0567. The zero-order valence-corrected chi connectivity index (χ0v) is 15.6. The molecule has 2 aromatic heterocycles. The Morgan fingerprint density at radius 2 is 2.27 bits per heavy atom. The molecule has 0 aromatic carbocycles. The van der Waals surface area contributed by atoms with Gasteiger partial charge in [0.15, 0.2) is 5.65 Å². The van der Waals surface area contributed by atoms with Gasteiger partial charge in [-0.05, 0) is 25.7 Å². The first-order chi connectivity index (χ1) is 12.6. The van der Waals surface area contributed by atoms with Gasteiger partial charge in [0.05, 0.1) is 17.5 Å². The van der Waals surface area contributed by atoms with Crippen molar-refractivity contribution in [2.75, 3.05) is 31.1 Å². The summed E-state index contributed by atoms with van der Waals surface area (Å²) < 4.78 is 1.78. The molecule has 1 aliphatic rings. The van der Waals surface area contributed by atoms with E-state index in [9.17, 15) is 4.79 Å². The van der Waals surface area contributed by atoms with Gasteiger partial charge in [-0.2, -0.15) is 5.10 Å². The van der Waals surface area contributed by atoms with Crippen molar-refractivity contribution in [3.8, 4) is 0 Å². The Labute approximate surface area is 153 Å². The van der Waals surface area contributed by atoms with Crippen LogP contribution in [0.5, 0.6) is 0 Å². The van der Waals surface area contributed by atoms with E-state index in [0.717, 1.165) is 54.9 Å². The minimum Gasteiger partial charge on any atom is -0.396 e. The predicted molar refractivity (Wildman–Crippen MR) is 99.9 cm³/mol. The van der Waals surface area contributed by atoms with Gasteiger partial charge in [0.2, 0.25) is 5.91 Å². The van der Waals surface area contributed by atoms with Crippen LogP contribution in [0.25, 0.3) is 11.0 Å². The van der Waals surface area contributed by atoms with E-state index in [2.05, 4.69) is 27.2 Å². The van der Waals surface area contributed by atoms with Crippen LogP contribution in [0.2, 0.25) is 0 Å². The number of aliphatic hydroxyl groups is 1. The number of hydrogen-bond acceptors (Lipinski definition) is 6. The highest BCUT2D eigenvalue weighted by atomic mass is 16.3. The van der Waals surface area contributed by atoms with Crippen molar-refractivity contribution in [3.63, 3.8) is 0 Å². The van der Waals surface area contributed by atoms with Crippen LogP contribution in [0, 0.1) is 5.92 Å². The summed E-state index contributed by atoms with van der Waals surface area (Å²) in [6.07, 6.45) is 6.04. The first kappa shape index (κ1) is 18.6. The number of anilines is 1. The average molecular weight is 360 g/mol. The molecule has 0 aliphatic carbocycles. The number of rotatable bonds is 7. The lowest BCUT2D eigenvalue weighted by Gasteiger charge is -2.33. The minimum atomic E-state index is -0.0567. The van der Waals surface area contributed by atoms with E-state index in [-0.39, 0.29) is 18.4 Å². The number of aliphatic hydroxyl groups excluding tert-OH is 1. The lowest BCUT2D eigenvalue weighted by atomic mass is 9.97. The van der Waals surface area contributed by atoms with Gasteiger partial charge in [-0.3, -0.25) is 9.48 Å². The van der Waals surface area contributed by atoms with E-state index in [4.69, 9.17) is 10.1 Å². The molecule has 1 fully saturated rings. The highest BCUT2D eigenvalue weighted by Crippen LogP contribution is 2.28. The third-order valence-electron chi connectivity index (χ3n) is 4.82. The first-order valence-electron chi connectivity index (χ1n) is 9.46. The number of nitrogens with zero attached hydrogens (tertiary/aromatic N) is 5. The topological polar surface area (TPSA) is 96.2 Å². The van der Waals surface area contributed by atoms with Gasteiger partial charge in [0.25, 0.3) is 0 Å². The summed E-state index contributed by atoms with van der Waals surface area (Å²) in [5.74, 6) is 1.72.